The van der Waals surface area contributed by atoms with Gasteiger partial charge in [-0.05, 0) is 19.1 Å². The van der Waals surface area contributed by atoms with E-state index in [2.05, 4.69) is 5.32 Å². The fraction of sp³-hybridized carbons (Fsp3) is 0.467. The standard InChI is InChI=1S/C15H20N2O4/c1-11(10-18)16-14(19)6-7-15(20)17-8-9-21-13-5-3-2-4-12(13)17/h2-5,11,18H,6-10H2,1H3,(H,16,19)/t11-/m0/s1. The van der Waals surface area contributed by atoms with Crippen LogP contribution in [-0.2, 0) is 9.59 Å². The number of carbonyl (C=O) groups is 2. The molecule has 114 valence electrons. The van der Waals surface area contributed by atoms with E-state index in [0.29, 0.717) is 18.9 Å². The van der Waals surface area contributed by atoms with Crippen LogP contribution in [-0.4, -0.2) is 42.7 Å². The summed E-state index contributed by atoms with van der Waals surface area (Å²) in [5, 5.41) is 11.5. The van der Waals surface area contributed by atoms with E-state index >= 15 is 0 Å². The van der Waals surface area contributed by atoms with Gasteiger partial charge in [-0.2, -0.15) is 0 Å². The molecule has 1 heterocycles. The minimum absolute atomic E-state index is 0.0995. The Hall–Kier alpha value is -2.08. The highest BCUT2D eigenvalue weighted by Crippen LogP contribution is 2.31. The van der Waals surface area contributed by atoms with Crippen molar-refractivity contribution in [3.63, 3.8) is 0 Å². The molecule has 0 bridgehead atoms. The number of carbonyl (C=O) groups excluding carboxylic acids is 2. The van der Waals surface area contributed by atoms with E-state index in [1.807, 2.05) is 24.3 Å². The van der Waals surface area contributed by atoms with Crippen LogP contribution in [0.1, 0.15) is 19.8 Å². The number of amides is 2. The molecule has 1 aromatic rings. The van der Waals surface area contributed by atoms with Gasteiger partial charge in [-0.1, -0.05) is 12.1 Å². The summed E-state index contributed by atoms with van der Waals surface area (Å²) in [7, 11) is 0. The number of hydrogen-bond donors (Lipinski definition) is 2. The molecule has 1 aliphatic heterocycles. The Morgan fingerprint density at radius 1 is 1.38 bits per heavy atom. The lowest BCUT2D eigenvalue weighted by molar-refractivity contribution is -0.125. The maximum atomic E-state index is 12.3. The van der Waals surface area contributed by atoms with Crippen LogP contribution in [0.4, 0.5) is 5.69 Å². The highest BCUT2D eigenvalue weighted by atomic mass is 16.5. The van der Waals surface area contributed by atoms with Gasteiger partial charge in [0, 0.05) is 18.9 Å². The topological polar surface area (TPSA) is 78.9 Å². The number of nitrogens with zero attached hydrogens (tertiary/aromatic N) is 1. The van der Waals surface area contributed by atoms with Crippen molar-refractivity contribution in [1.82, 2.24) is 5.32 Å². The molecule has 1 atom stereocenters. The second-order valence-corrected chi connectivity index (χ2v) is 5.01. The number of nitrogens with one attached hydrogen (secondary N) is 1. The van der Waals surface area contributed by atoms with Gasteiger partial charge in [-0.15, -0.1) is 0 Å². The Morgan fingerprint density at radius 2 is 2.14 bits per heavy atom. The maximum Gasteiger partial charge on any atom is 0.227 e. The molecular weight excluding hydrogens is 272 g/mol. The molecule has 21 heavy (non-hydrogen) atoms. The van der Waals surface area contributed by atoms with Gasteiger partial charge in [-0.3, -0.25) is 9.59 Å². The first kappa shape index (κ1) is 15.3. The van der Waals surface area contributed by atoms with Crippen molar-refractivity contribution in [1.29, 1.82) is 0 Å². The van der Waals surface area contributed by atoms with Gasteiger partial charge in [0.05, 0.1) is 18.8 Å². The predicted molar refractivity (Wildman–Crippen MR) is 78.2 cm³/mol. The number of aliphatic hydroxyl groups excluding tert-OH is 1. The molecule has 0 fully saturated rings. The number of rotatable bonds is 5. The molecule has 1 aliphatic rings. The zero-order valence-electron chi connectivity index (χ0n) is 12.0. The summed E-state index contributed by atoms with van der Waals surface area (Å²) in [4.78, 5) is 25.5. The summed E-state index contributed by atoms with van der Waals surface area (Å²) < 4.78 is 5.50. The van der Waals surface area contributed by atoms with Gasteiger partial charge in [0.1, 0.15) is 12.4 Å². The van der Waals surface area contributed by atoms with Crippen molar-refractivity contribution in [3.05, 3.63) is 24.3 Å². The van der Waals surface area contributed by atoms with E-state index in [0.717, 1.165) is 5.69 Å². The van der Waals surface area contributed by atoms with Crippen molar-refractivity contribution in [2.24, 2.45) is 0 Å². The lowest BCUT2D eigenvalue weighted by Gasteiger charge is -2.29. The SMILES string of the molecule is C[C@@H](CO)NC(=O)CCC(=O)N1CCOc2ccccc21. The summed E-state index contributed by atoms with van der Waals surface area (Å²) in [6.07, 6.45) is 0.251. The van der Waals surface area contributed by atoms with E-state index in [4.69, 9.17) is 9.84 Å². The first-order valence-corrected chi connectivity index (χ1v) is 7.04. The fourth-order valence-corrected chi connectivity index (χ4v) is 2.18. The second kappa shape index (κ2) is 7.08. The van der Waals surface area contributed by atoms with Gasteiger partial charge in [0.2, 0.25) is 11.8 Å². The summed E-state index contributed by atoms with van der Waals surface area (Å²) >= 11 is 0. The maximum absolute atomic E-state index is 12.3. The first-order valence-electron chi connectivity index (χ1n) is 7.04. The molecule has 0 aromatic heterocycles. The Bertz CT molecular complexity index is 518. The molecule has 0 saturated carbocycles. The zero-order valence-corrected chi connectivity index (χ0v) is 12.0. The van der Waals surface area contributed by atoms with E-state index in [1.165, 1.54) is 0 Å². The smallest absolute Gasteiger partial charge is 0.227 e. The van der Waals surface area contributed by atoms with Crippen molar-refractivity contribution in [2.45, 2.75) is 25.8 Å². The number of para-hydroxylation sites is 2. The molecular formula is C15H20N2O4. The molecule has 0 spiro atoms. The van der Waals surface area contributed by atoms with Crippen molar-refractivity contribution in [2.75, 3.05) is 24.7 Å². The molecule has 6 nitrogen and oxygen atoms in total. The quantitative estimate of drug-likeness (QED) is 0.837. The highest BCUT2D eigenvalue weighted by Gasteiger charge is 2.23. The van der Waals surface area contributed by atoms with Crippen molar-refractivity contribution >= 4 is 17.5 Å². The van der Waals surface area contributed by atoms with Gasteiger partial charge in [0.25, 0.3) is 0 Å². The number of hydrogen-bond acceptors (Lipinski definition) is 4. The predicted octanol–water partition coefficient (Wildman–Crippen LogP) is 0.689. The summed E-state index contributed by atoms with van der Waals surface area (Å²) in [5.74, 6) is 0.361. The molecule has 2 N–H and O–H groups in total. The van der Waals surface area contributed by atoms with Gasteiger partial charge >= 0.3 is 0 Å². The Kier molecular flexibility index (Phi) is 5.16. The molecule has 2 amide bonds. The van der Waals surface area contributed by atoms with Gasteiger partial charge in [-0.25, -0.2) is 0 Å². The van der Waals surface area contributed by atoms with E-state index in [1.54, 1.807) is 11.8 Å². The molecule has 2 rings (SSSR count). The minimum Gasteiger partial charge on any atom is -0.490 e. The van der Waals surface area contributed by atoms with Crippen LogP contribution in [0.25, 0.3) is 0 Å². The molecule has 0 aliphatic carbocycles. The summed E-state index contributed by atoms with van der Waals surface area (Å²) in [6, 6.07) is 7.07. The summed E-state index contributed by atoms with van der Waals surface area (Å²) in [6.45, 7) is 2.54. The largest absolute Gasteiger partial charge is 0.490 e. The molecule has 0 radical (unpaired) electrons. The summed E-state index contributed by atoms with van der Waals surface area (Å²) in [5.41, 5.74) is 0.748. The molecule has 0 unspecified atom stereocenters. The Balaban J connectivity index is 1.91. The minimum atomic E-state index is -0.295. The number of fused-ring (bicyclic) bond motifs is 1. The molecule has 1 aromatic carbocycles. The van der Waals surface area contributed by atoms with Crippen LogP contribution in [0.2, 0.25) is 0 Å². The Morgan fingerprint density at radius 3 is 2.90 bits per heavy atom. The second-order valence-electron chi connectivity index (χ2n) is 5.01. The lowest BCUT2D eigenvalue weighted by atomic mass is 10.2. The monoisotopic (exact) mass is 292 g/mol. The number of benzene rings is 1. The van der Waals surface area contributed by atoms with Crippen LogP contribution < -0.4 is 15.0 Å². The van der Waals surface area contributed by atoms with Gasteiger partial charge in [0.15, 0.2) is 0 Å². The van der Waals surface area contributed by atoms with Crippen molar-refractivity contribution < 1.29 is 19.4 Å². The lowest BCUT2D eigenvalue weighted by Crippen LogP contribution is -2.39. The highest BCUT2D eigenvalue weighted by molar-refractivity contribution is 5.97. The average molecular weight is 292 g/mol. The first-order chi connectivity index (χ1) is 10.1. The molecule has 6 heteroatoms. The Labute approximate surface area is 123 Å². The van der Waals surface area contributed by atoms with Crippen LogP contribution >= 0.6 is 0 Å². The number of aliphatic hydroxyl groups is 1. The van der Waals surface area contributed by atoms with Gasteiger partial charge < -0.3 is 20.1 Å². The van der Waals surface area contributed by atoms with E-state index in [-0.39, 0.29) is 37.3 Å². The zero-order chi connectivity index (χ0) is 15.2. The van der Waals surface area contributed by atoms with Crippen LogP contribution in [0.5, 0.6) is 5.75 Å². The number of anilines is 1. The average Bonchev–Trinajstić information content (AvgIpc) is 2.51. The third kappa shape index (κ3) is 3.95. The fourth-order valence-electron chi connectivity index (χ4n) is 2.18. The molecule has 0 saturated heterocycles. The third-order valence-corrected chi connectivity index (χ3v) is 3.28. The third-order valence-electron chi connectivity index (χ3n) is 3.28. The van der Waals surface area contributed by atoms with Crippen molar-refractivity contribution in [3.8, 4) is 5.75 Å². The van der Waals surface area contributed by atoms with Crippen LogP contribution in [0, 0.1) is 0 Å². The number of ether oxygens (including phenoxy) is 1. The van der Waals surface area contributed by atoms with Crippen LogP contribution in [0.15, 0.2) is 24.3 Å². The van der Waals surface area contributed by atoms with E-state index in [9.17, 15) is 9.59 Å². The normalized spacial score (nSPS) is 14.9. The van der Waals surface area contributed by atoms with Crippen LogP contribution in [0.3, 0.4) is 0 Å². The van der Waals surface area contributed by atoms with E-state index < -0.39 is 0 Å².